The molecule has 0 aliphatic heterocycles. The second kappa shape index (κ2) is 11.0. The van der Waals surface area contributed by atoms with E-state index in [1.807, 2.05) is 28.9 Å². The van der Waals surface area contributed by atoms with Crippen LogP contribution in [0.25, 0.3) is 0 Å². The molecule has 0 unspecified atom stereocenters. The number of nitrogens with zero attached hydrogens (tertiary/aromatic N) is 3. The predicted molar refractivity (Wildman–Crippen MR) is 110 cm³/mol. The van der Waals surface area contributed by atoms with Crippen LogP contribution in [0.15, 0.2) is 30.5 Å². The van der Waals surface area contributed by atoms with E-state index in [0.29, 0.717) is 6.61 Å². The molecular formula is C22H34N4O. The summed E-state index contributed by atoms with van der Waals surface area (Å²) in [5, 5.41) is 8.72. The molecule has 2 N–H and O–H groups in total. The second-order valence-electron chi connectivity index (χ2n) is 7.87. The van der Waals surface area contributed by atoms with Gasteiger partial charge in [0.1, 0.15) is 5.75 Å². The average Bonchev–Trinajstić information content (AvgIpc) is 3.13. The monoisotopic (exact) mass is 370 g/mol. The van der Waals surface area contributed by atoms with Gasteiger partial charge in [0.15, 0.2) is 0 Å². The van der Waals surface area contributed by atoms with Crippen LogP contribution in [0, 0.1) is 5.92 Å². The number of rotatable bonds is 7. The van der Waals surface area contributed by atoms with Gasteiger partial charge >= 0.3 is 0 Å². The van der Waals surface area contributed by atoms with E-state index in [1.165, 1.54) is 57.8 Å². The number of benzene rings is 1. The molecule has 3 rings (SSSR count). The van der Waals surface area contributed by atoms with Crippen molar-refractivity contribution >= 4 is 5.69 Å². The standard InChI is InChI=1S/C22H34N4O/c23-20-11-13-22(14-12-20)27-16-8-15-26-18-21(24-25-26)17-19-9-6-4-2-1-3-5-7-10-19/h11-14,18-19H,1-10,15-17,23H2. The van der Waals surface area contributed by atoms with E-state index < -0.39 is 0 Å². The summed E-state index contributed by atoms with van der Waals surface area (Å²) < 4.78 is 7.70. The van der Waals surface area contributed by atoms with E-state index in [4.69, 9.17) is 10.5 Å². The summed E-state index contributed by atoms with van der Waals surface area (Å²) in [6.45, 7) is 1.51. The zero-order valence-corrected chi connectivity index (χ0v) is 16.5. The fourth-order valence-electron chi connectivity index (χ4n) is 3.92. The van der Waals surface area contributed by atoms with Gasteiger partial charge in [-0.3, -0.25) is 4.68 Å². The lowest BCUT2D eigenvalue weighted by Gasteiger charge is -2.17. The highest BCUT2D eigenvalue weighted by Gasteiger charge is 2.13. The molecule has 1 aliphatic rings. The third-order valence-electron chi connectivity index (χ3n) is 5.49. The first-order chi connectivity index (χ1) is 13.3. The minimum absolute atomic E-state index is 0.668. The molecule has 1 fully saturated rings. The van der Waals surface area contributed by atoms with E-state index in [1.54, 1.807) is 0 Å². The van der Waals surface area contributed by atoms with Crippen molar-refractivity contribution < 1.29 is 4.74 Å². The van der Waals surface area contributed by atoms with Gasteiger partial charge in [-0.2, -0.15) is 0 Å². The minimum Gasteiger partial charge on any atom is -0.494 e. The van der Waals surface area contributed by atoms with Gasteiger partial charge < -0.3 is 10.5 Å². The number of aromatic nitrogens is 3. The van der Waals surface area contributed by atoms with Crippen molar-refractivity contribution in [3.63, 3.8) is 0 Å². The summed E-state index contributed by atoms with van der Waals surface area (Å²) >= 11 is 0. The van der Waals surface area contributed by atoms with Gasteiger partial charge in [0.2, 0.25) is 0 Å². The Bertz CT molecular complexity index is 643. The molecule has 0 amide bonds. The molecule has 0 saturated heterocycles. The molecule has 1 heterocycles. The highest BCUT2D eigenvalue weighted by atomic mass is 16.5. The molecule has 1 aromatic carbocycles. The third-order valence-corrected chi connectivity index (χ3v) is 5.49. The smallest absolute Gasteiger partial charge is 0.119 e. The average molecular weight is 371 g/mol. The summed E-state index contributed by atoms with van der Waals surface area (Å²) in [7, 11) is 0. The molecule has 5 nitrogen and oxygen atoms in total. The van der Waals surface area contributed by atoms with Gasteiger partial charge in [0, 0.05) is 24.8 Å². The highest BCUT2D eigenvalue weighted by molar-refractivity contribution is 5.41. The van der Waals surface area contributed by atoms with Crippen LogP contribution in [0.3, 0.4) is 0 Å². The molecule has 5 heteroatoms. The highest BCUT2D eigenvalue weighted by Crippen LogP contribution is 2.24. The Hall–Kier alpha value is -2.04. The summed E-state index contributed by atoms with van der Waals surface area (Å²) in [6.07, 6.45) is 16.6. The Morgan fingerprint density at radius 2 is 1.63 bits per heavy atom. The first-order valence-corrected chi connectivity index (χ1v) is 10.7. The van der Waals surface area contributed by atoms with Crippen molar-refractivity contribution in [3.05, 3.63) is 36.2 Å². The summed E-state index contributed by atoms with van der Waals surface area (Å²) in [6, 6.07) is 7.53. The van der Waals surface area contributed by atoms with Crippen LogP contribution in [-0.4, -0.2) is 21.6 Å². The maximum atomic E-state index is 5.74. The Morgan fingerprint density at radius 3 is 2.33 bits per heavy atom. The number of hydrogen-bond donors (Lipinski definition) is 1. The van der Waals surface area contributed by atoms with E-state index >= 15 is 0 Å². The van der Waals surface area contributed by atoms with Crippen LogP contribution in [-0.2, 0) is 13.0 Å². The van der Waals surface area contributed by atoms with Gasteiger partial charge in [0.25, 0.3) is 0 Å². The molecule has 1 saturated carbocycles. The van der Waals surface area contributed by atoms with E-state index in [0.717, 1.165) is 42.4 Å². The van der Waals surface area contributed by atoms with Crippen LogP contribution in [0.4, 0.5) is 5.69 Å². The minimum atomic E-state index is 0.668. The molecule has 27 heavy (non-hydrogen) atoms. The van der Waals surface area contributed by atoms with Crippen molar-refractivity contribution in [2.24, 2.45) is 5.92 Å². The van der Waals surface area contributed by atoms with Crippen LogP contribution < -0.4 is 10.5 Å². The number of ether oxygens (including phenoxy) is 1. The Kier molecular flexibility index (Phi) is 8.00. The summed E-state index contributed by atoms with van der Waals surface area (Å²) in [5.74, 6) is 1.64. The fourth-order valence-corrected chi connectivity index (χ4v) is 3.92. The molecule has 0 radical (unpaired) electrons. The van der Waals surface area contributed by atoms with Gasteiger partial charge in [-0.1, -0.05) is 63.0 Å². The lowest BCUT2D eigenvalue weighted by molar-refractivity contribution is 0.298. The lowest BCUT2D eigenvalue weighted by atomic mass is 9.89. The molecule has 0 bridgehead atoms. The van der Waals surface area contributed by atoms with Crippen LogP contribution in [0.5, 0.6) is 5.75 Å². The molecule has 1 aliphatic carbocycles. The van der Waals surface area contributed by atoms with Crippen molar-refractivity contribution in [1.29, 1.82) is 0 Å². The molecular weight excluding hydrogens is 336 g/mol. The third kappa shape index (κ3) is 7.24. The molecule has 0 spiro atoms. The van der Waals surface area contributed by atoms with E-state index in [2.05, 4.69) is 16.5 Å². The topological polar surface area (TPSA) is 66.0 Å². The zero-order chi connectivity index (χ0) is 18.7. The lowest BCUT2D eigenvalue weighted by Crippen LogP contribution is -2.07. The maximum Gasteiger partial charge on any atom is 0.119 e. The Morgan fingerprint density at radius 1 is 0.963 bits per heavy atom. The predicted octanol–water partition coefficient (Wildman–Crippen LogP) is 5.01. The zero-order valence-electron chi connectivity index (χ0n) is 16.5. The van der Waals surface area contributed by atoms with Crippen LogP contribution in [0.2, 0.25) is 0 Å². The quantitative estimate of drug-likeness (QED) is 0.549. The Labute approximate surface area is 163 Å². The maximum absolute atomic E-state index is 5.74. The molecule has 0 atom stereocenters. The Balaban J connectivity index is 1.38. The van der Waals surface area contributed by atoms with E-state index in [-0.39, 0.29) is 0 Å². The van der Waals surface area contributed by atoms with Crippen LogP contribution >= 0.6 is 0 Å². The van der Waals surface area contributed by atoms with E-state index in [9.17, 15) is 0 Å². The summed E-state index contributed by atoms with van der Waals surface area (Å²) in [5.41, 5.74) is 7.59. The first-order valence-electron chi connectivity index (χ1n) is 10.7. The molecule has 2 aromatic rings. The van der Waals surface area contributed by atoms with Gasteiger partial charge in [-0.15, -0.1) is 5.10 Å². The normalized spacial score (nSPS) is 16.9. The molecule has 148 valence electrons. The molecule has 1 aromatic heterocycles. The van der Waals surface area contributed by atoms with Crippen molar-refractivity contribution in [3.8, 4) is 5.75 Å². The number of hydrogen-bond acceptors (Lipinski definition) is 4. The first kappa shape index (κ1) is 19.7. The number of nitrogen functional groups attached to an aromatic ring is 1. The van der Waals surface area contributed by atoms with Gasteiger partial charge in [-0.25, -0.2) is 0 Å². The van der Waals surface area contributed by atoms with Crippen molar-refractivity contribution in [2.75, 3.05) is 12.3 Å². The van der Waals surface area contributed by atoms with Gasteiger partial charge in [0.05, 0.1) is 12.3 Å². The SMILES string of the molecule is Nc1ccc(OCCCn2cc(CC3CCCCCCCCC3)nn2)cc1. The van der Waals surface area contributed by atoms with Crippen LogP contribution in [0.1, 0.15) is 69.9 Å². The number of nitrogens with two attached hydrogens (primary N) is 1. The second-order valence-corrected chi connectivity index (χ2v) is 7.87. The number of aryl methyl sites for hydroxylation is 1. The fraction of sp³-hybridized carbons (Fsp3) is 0.636. The largest absolute Gasteiger partial charge is 0.494 e. The number of anilines is 1. The van der Waals surface area contributed by atoms with Crippen molar-refractivity contribution in [1.82, 2.24) is 15.0 Å². The summed E-state index contributed by atoms with van der Waals surface area (Å²) in [4.78, 5) is 0. The van der Waals surface area contributed by atoms with Gasteiger partial charge in [-0.05, 0) is 36.6 Å². The van der Waals surface area contributed by atoms with Crippen molar-refractivity contribution in [2.45, 2.75) is 77.2 Å².